The molecule has 0 atom stereocenters. The van der Waals surface area contributed by atoms with Crippen LogP contribution in [0.2, 0.25) is 0 Å². The Morgan fingerprint density at radius 1 is 1.29 bits per heavy atom. The largest absolute Gasteiger partial charge is 0.325 e. The SMILES string of the molecule is Cc1nnc(Cn2cc(CN)nn2)n1C(C)C. The third-order valence-corrected chi connectivity index (χ3v) is 2.55. The molecular weight excluding hydrogens is 218 g/mol. The molecule has 2 heterocycles. The summed E-state index contributed by atoms with van der Waals surface area (Å²) in [4.78, 5) is 0. The summed E-state index contributed by atoms with van der Waals surface area (Å²) < 4.78 is 3.81. The second-order valence-corrected chi connectivity index (χ2v) is 4.24. The highest BCUT2D eigenvalue weighted by molar-refractivity contribution is 4.98. The van der Waals surface area contributed by atoms with Gasteiger partial charge < -0.3 is 10.3 Å². The Morgan fingerprint density at radius 3 is 2.65 bits per heavy atom. The van der Waals surface area contributed by atoms with Gasteiger partial charge in [0.05, 0.1) is 11.9 Å². The van der Waals surface area contributed by atoms with Crippen molar-refractivity contribution >= 4 is 0 Å². The molecule has 2 aromatic rings. The van der Waals surface area contributed by atoms with Crippen LogP contribution in [0.3, 0.4) is 0 Å². The Hall–Kier alpha value is -1.76. The minimum atomic E-state index is 0.331. The van der Waals surface area contributed by atoms with Gasteiger partial charge in [-0.2, -0.15) is 0 Å². The molecular formula is C10H17N7. The molecule has 2 N–H and O–H groups in total. The molecule has 0 saturated carbocycles. The molecule has 0 fully saturated rings. The molecule has 7 heteroatoms. The van der Waals surface area contributed by atoms with Gasteiger partial charge >= 0.3 is 0 Å². The van der Waals surface area contributed by atoms with E-state index in [0.717, 1.165) is 17.3 Å². The van der Waals surface area contributed by atoms with Crippen molar-refractivity contribution in [1.82, 2.24) is 29.8 Å². The first-order chi connectivity index (χ1) is 8.11. The van der Waals surface area contributed by atoms with Gasteiger partial charge in [0.25, 0.3) is 0 Å². The fourth-order valence-corrected chi connectivity index (χ4v) is 1.85. The average Bonchev–Trinajstić information content (AvgIpc) is 2.86. The fourth-order valence-electron chi connectivity index (χ4n) is 1.85. The van der Waals surface area contributed by atoms with Crippen molar-refractivity contribution in [2.45, 2.75) is 39.9 Å². The fraction of sp³-hybridized carbons (Fsp3) is 0.600. The molecule has 0 amide bonds. The van der Waals surface area contributed by atoms with Crippen LogP contribution >= 0.6 is 0 Å². The van der Waals surface area contributed by atoms with Crippen LogP contribution in [-0.2, 0) is 13.1 Å². The number of hydrogen-bond acceptors (Lipinski definition) is 5. The smallest absolute Gasteiger partial charge is 0.155 e. The van der Waals surface area contributed by atoms with Crippen LogP contribution in [0.5, 0.6) is 0 Å². The molecule has 2 aromatic heterocycles. The van der Waals surface area contributed by atoms with Gasteiger partial charge in [-0.3, -0.25) is 0 Å². The highest BCUT2D eigenvalue weighted by Gasteiger charge is 2.12. The summed E-state index contributed by atoms with van der Waals surface area (Å²) in [5.41, 5.74) is 6.27. The lowest BCUT2D eigenvalue weighted by Crippen LogP contribution is -2.12. The molecule has 0 aliphatic heterocycles. The van der Waals surface area contributed by atoms with E-state index in [4.69, 9.17) is 5.73 Å². The van der Waals surface area contributed by atoms with Crippen molar-refractivity contribution in [1.29, 1.82) is 0 Å². The summed E-state index contributed by atoms with van der Waals surface area (Å²) in [6.45, 7) is 7.12. The number of nitrogens with zero attached hydrogens (tertiary/aromatic N) is 6. The highest BCUT2D eigenvalue weighted by Crippen LogP contribution is 2.11. The van der Waals surface area contributed by atoms with E-state index < -0.39 is 0 Å². The van der Waals surface area contributed by atoms with Crippen molar-refractivity contribution in [3.63, 3.8) is 0 Å². The molecule has 0 bridgehead atoms. The molecule has 0 aliphatic carbocycles. The van der Waals surface area contributed by atoms with Gasteiger partial charge in [-0.1, -0.05) is 5.21 Å². The average molecular weight is 235 g/mol. The van der Waals surface area contributed by atoms with Crippen molar-refractivity contribution in [2.24, 2.45) is 5.73 Å². The number of hydrogen-bond donors (Lipinski definition) is 1. The third kappa shape index (κ3) is 2.33. The lowest BCUT2D eigenvalue weighted by molar-refractivity contribution is 0.523. The van der Waals surface area contributed by atoms with E-state index in [1.54, 1.807) is 4.68 Å². The molecule has 0 radical (unpaired) electrons. The number of rotatable bonds is 4. The van der Waals surface area contributed by atoms with Crippen LogP contribution in [0.15, 0.2) is 6.20 Å². The highest BCUT2D eigenvalue weighted by atomic mass is 15.4. The Morgan fingerprint density at radius 2 is 2.06 bits per heavy atom. The van der Waals surface area contributed by atoms with Crippen molar-refractivity contribution in [2.75, 3.05) is 0 Å². The maximum Gasteiger partial charge on any atom is 0.155 e. The number of nitrogens with two attached hydrogens (primary N) is 1. The van der Waals surface area contributed by atoms with Crippen molar-refractivity contribution in [3.05, 3.63) is 23.5 Å². The number of aryl methyl sites for hydroxylation is 1. The first kappa shape index (κ1) is 11.7. The molecule has 0 unspecified atom stereocenters. The van der Waals surface area contributed by atoms with Crippen LogP contribution in [0.4, 0.5) is 0 Å². The van der Waals surface area contributed by atoms with E-state index in [9.17, 15) is 0 Å². The van der Waals surface area contributed by atoms with Gasteiger partial charge in [0, 0.05) is 12.6 Å². The van der Waals surface area contributed by atoms with E-state index in [-0.39, 0.29) is 0 Å². The summed E-state index contributed by atoms with van der Waals surface area (Å²) >= 11 is 0. The number of aromatic nitrogens is 6. The Kier molecular flexibility index (Phi) is 3.19. The van der Waals surface area contributed by atoms with E-state index in [1.807, 2.05) is 13.1 Å². The molecule has 0 saturated heterocycles. The van der Waals surface area contributed by atoms with Gasteiger partial charge in [-0.25, -0.2) is 4.68 Å². The summed E-state index contributed by atoms with van der Waals surface area (Å²) in [6, 6.07) is 0.331. The molecule has 2 rings (SSSR count). The van der Waals surface area contributed by atoms with Crippen LogP contribution in [0, 0.1) is 6.92 Å². The van der Waals surface area contributed by atoms with Crippen molar-refractivity contribution in [3.8, 4) is 0 Å². The summed E-state index contributed by atoms with van der Waals surface area (Å²) in [5.74, 6) is 1.79. The van der Waals surface area contributed by atoms with E-state index >= 15 is 0 Å². The molecule has 92 valence electrons. The monoisotopic (exact) mass is 235 g/mol. The van der Waals surface area contributed by atoms with Gasteiger partial charge in [0.15, 0.2) is 5.82 Å². The molecule has 7 nitrogen and oxygen atoms in total. The quantitative estimate of drug-likeness (QED) is 0.821. The zero-order chi connectivity index (χ0) is 12.4. The van der Waals surface area contributed by atoms with Crippen LogP contribution in [0.25, 0.3) is 0 Å². The Balaban J connectivity index is 2.23. The van der Waals surface area contributed by atoms with Gasteiger partial charge in [0.2, 0.25) is 0 Å². The van der Waals surface area contributed by atoms with E-state index in [1.165, 1.54) is 0 Å². The zero-order valence-corrected chi connectivity index (χ0v) is 10.3. The first-order valence-electron chi connectivity index (χ1n) is 5.61. The van der Waals surface area contributed by atoms with Crippen LogP contribution in [-0.4, -0.2) is 29.8 Å². The summed E-state index contributed by atoms with van der Waals surface area (Å²) in [7, 11) is 0. The van der Waals surface area contributed by atoms with Gasteiger partial charge in [0.1, 0.15) is 12.4 Å². The Labute approximate surface area is 99.6 Å². The standard InChI is InChI=1S/C10H17N7/c1-7(2)17-8(3)12-14-10(17)6-16-5-9(4-11)13-15-16/h5,7H,4,6,11H2,1-3H3. The second-order valence-electron chi connectivity index (χ2n) is 4.24. The van der Waals surface area contributed by atoms with Gasteiger partial charge in [-0.05, 0) is 20.8 Å². The minimum absolute atomic E-state index is 0.331. The molecule has 0 spiro atoms. The normalized spacial score (nSPS) is 11.4. The Bertz CT molecular complexity index is 496. The van der Waals surface area contributed by atoms with E-state index in [0.29, 0.717) is 19.1 Å². The van der Waals surface area contributed by atoms with Crippen LogP contribution < -0.4 is 5.73 Å². The van der Waals surface area contributed by atoms with E-state index in [2.05, 4.69) is 38.9 Å². The minimum Gasteiger partial charge on any atom is -0.325 e. The zero-order valence-electron chi connectivity index (χ0n) is 10.3. The summed E-state index contributed by atoms with van der Waals surface area (Å²) in [5, 5.41) is 16.2. The predicted molar refractivity (Wildman–Crippen MR) is 62.2 cm³/mol. The second kappa shape index (κ2) is 4.62. The molecule has 17 heavy (non-hydrogen) atoms. The lowest BCUT2D eigenvalue weighted by Gasteiger charge is -2.11. The molecule has 0 aromatic carbocycles. The molecule has 0 aliphatic rings. The maximum absolute atomic E-state index is 5.49. The third-order valence-electron chi connectivity index (χ3n) is 2.55. The van der Waals surface area contributed by atoms with Crippen molar-refractivity contribution < 1.29 is 0 Å². The first-order valence-corrected chi connectivity index (χ1v) is 5.61. The maximum atomic E-state index is 5.49. The topological polar surface area (TPSA) is 87.4 Å². The van der Waals surface area contributed by atoms with Crippen LogP contribution in [0.1, 0.15) is 37.2 Å². The summed E-state index contributed by atoms with van der Waals surface area (Å²) in [6.07, 6.45) is 1.83. The lowest BCUT2D eigenvalue weighted by atomic mass is 10.3. The predicted octanol–water partition coefficient (Wildman–Crippen LogP) is 0.266. The van der Waals surface area contributed by atoms with Gasteiger partial charge in [-0.15, -0.1) is 15.3 Å².